The number of hydrogen-bond acceptors (Lipinski definition) is 3. The Morgan fingerprint density at radius 2 is 2.00 bits per heavy atom. The van der Waals surface area contributed by atoms with Crippen molar-refractivity contribution in [3.05, 3.63) is 57.8 Å². The number of aliphatic hydroxyl groups excluding tert-OH is 1. The Morgan fingerprint density at radius 1 is 1.29 bits per heavy atom. The second-order valence-corrected chi connectivity index (χ2v) is 5.37. The fraction of sp³-hybridized carbons (Fsp3) is 0.267. The van der Waals surface area contributed by atoms with E-state index in [-0.39, 0.29) is 18.9 Å². The molecule has 0 aliphatic rings. The first-order chi connectivity index (χ1) is 10.1. The zero-order chi connectivity index (χ0) is 15.2. The molecule has 0 radical (unpaired) electrons. The predicted molar refractivity (Wildman–Crippen MR) is 77.0 cm³/mol. The van der Waals surface area contributed by atoms with Crippen molar-refractivity contribution in [3.8, 4) is 0 Å². The standard InChI is InChI=1S/C15H15F2NO2S/c16-11-2-1-3-12(17)15(11)13(19)8-18-14(20)5-4-10-6-7-21-9-10/h1-3,6-7,9,13,19H,4-5,8H2,(H,18,20)/t13-/m1/s1. The number of carbonyl (C=O) groups is 1. The second-order valence-electron chi connectivity index (χ2n) is 4.59. The van der Waals surface area contributed by atoms with E-state index in [1.165, 1.54) is 6.07 Å². The Bertz CT molecular complexity index is 581. The summed E-state index contributed by atoms with van der Waals surface area (Å²) in [7, 11) is 0. The number of hydrogen-bond donors (Lipinski definition) is 2. The van der Waals surface area contributed by atoms with Gasteiger partial charge in [0.1, 0.15) is 17.7 Å². The van der Waals surface area contributed by atoms with Crippen LogP contribution in [0.3, 0.4) is 0 Å². The third kappa shape index (κ3) is 4.34. The summed E-state index contributed by atoms with van der Waals surface area (Å²) in [6, 6.07) is 5.29. The molecule has 1 aromatic heterocycles. The van der Waals surface area contributed by atoms with Crippen molar-refractivity contribution in [2.75, 3.05) is 6.54 Å². The topological polar surface area (TPSA) is 49.3 Å². The molecule has 3 nitrogen and oxygen atoms in total. The summed E-state index contributed by atoms with van der Waals surface area (Å²) in [6.07, 6.45) is -0.542. The molecule has 1 aromatic carbocycles. The summed E-state index contributed by atoms with van der Waals surface area (Å²) < 4.78 is 26.9. The van der Waals surface area contributed by atoms with Crippen molar-refractivity contribution in [1.29, 1.82) is 0 Å². The van der Waals surface area contributed by atoms with Crippen molar-refractivity contribution < 1.29 is 18.7 Å². The molecule has 21 heavy (non-hydrogen) atoms. The van der Waals surface area contributed by atoms with Gasteiger partial charge in [0.2, 0.25) is 5.91 Å². The van der Waals surface area contributed by atoms with Gasteiger partial charge in [-0.05, 0) is 40.9 Å². The van der Waals surface area contributed by atoms with Gasteiger partial charge >= 0.3 is 0 Å². The molecule has 6 heteroatoms. The number of halogens is 2. The van der Waals surface area contributed by atoms with Crippen molar-refractivity contribution in [3.63, 3.8) is 0 Å². The summed E-state index contributed by atoms with van der Waals surface area (Å²) in [5.74, 6) is -1.91. The summed E-state index contributed by atoms with van der Waals surface area (Å²) in [4.78, 5) is 11.6. The zero-order valence-corrected chi connectivity index (χ0v) is 12.0. The van der Waals surface area contributed by atoms with Crippen molar-refractivity contribution >= 4 is 17.2 Å². The Kier molecular flexibility index (Phi) is 5.41. The summed E-state index contributed by atoms with van der Waals surface area (Å²) in [5.41, 5.74) is 0.645. The molecule has 1 heterocycles. The van der Waals surface area contributed by atoms with Crippen LogP contribution in [0.5, 0.6) is 0 Å². The van der Waals surface area contributed by atoms with Crippen LogP contribution in [0.25, 0.3) is 0 Å². The largest absolute Gasteiger partial charge is 0.386 e. The molecule has 1 atom stereocenters. The fourth-order valence-electron chi connectivity index (χ4n) is 1.92. The van der Waals surface area contributed by atoms with Crippen LogP contribution in [-0.4, -0.2) is 17.6 Å². The number of thiophene rings is 1. The number of benzene rings is 1. The smallest absolute Gasteiger partial charge is 0.220 e. The van der Waals surface area contributed by atoms with E-state index in [4.69, 9.17) is 0 Å². The molecule has 0 spiro atoms. The Morgan fingerprint density at radius 3 is 2.62 bits per heavy atom. The van der Waals surface area contributed by atoms with E-state index in [2.05, 4.69) is 5.32 Å². The van der Waals surface area contributed by atoms with Gasteiger partial charge in [-0.1, -0.05) is 6.07 Å². The lowest BCUT2D eigenvalue weighted by Crippen LogP contribution is -2.29. The number of carbonyl (C=O) groups excluding carboxylic acids is 1. The van der Waals surface area contributed by atoms with E-state index in [0.29, 0.717) is 6.42 Å². The first kappa shape index (κ1) is 15.6. The molecule has 0 aliphatic carbocycles. The fourth-order valence-corrected chi connectivity index (χ4v) is 2.63. The van der Waals surface area contributed by atoms with Gasteiger partial charge in [-0.25, -0.2) is 8.78 Å². The molecule has 0 saturated carbocycles. The molecule has 0 saturated heterocycles. The molecule has 0 fully saturated rings. The first-order valence-electron chi connectivity index (χ1n) is 6.47. The van der Waals surface area contributed by atoms with Crippen molar-refractivity contribution in [1.82, 2.24) is 5.32 Å². The normalized spacial score (nSPS) is 12.1. The molecule has 2 N–H and O–H groups in total. The summed E-state index contributed by atoms with van der Waals surface area (Å²) in [6.45, 7) is -0.222. The molecule has 2 rings (SSSR count). The minimum absolute atomic E-state index is 0.222. The van der Waals surface area contributed by atoms with E-state index in [0.717, 1.165) is 17.7 Å². The van der Waals surface area contributed by atoms with Crippen LogP contribution in [-0.2, 0) is 11.2 Å². The average Bonchev–Trinajstić information content (AvgIpc) is 2.96. The quantitative estimate of drug-likeness (QED) is 0.862. The van der Waals surface area contributed by atoms with Crippen LogP contribution in [0.1, 0.15) is 23.7 Å². The monoisotopic (exact) mass is 311 g/mol. The number of amides is 1. The van der Waals surface area contributed by atoms with E-state index in [1.54, 1.807) is 11.3 Å². The van der Waals surface area contributed by atoms with Gasteiger partial charge in [0, 0.05) is 13.0 Å². The number of nitrogens with one attached hydrogen (secondary N) is 1. The van der Waals surface area contributed by atoms with Crippen LogP contribution < -0.4 is 5.32 Å². The van der Waals surface area contributed by atoms with E-state index >= 15 is 0 Å². The van der Waals surface area contributed by atoms with Gasteiger partial charge in [0.15, 0.2) is 0 Å². The molecule has 112 valence electrons. The van der Waals surface area contributed by atoms with Crippen molar-refractivity contribution in [2.45, 2.75) is 18.9 Å². The van der Waals surface area contributed by atoms with Gasteiger partial charge in [-0.2, -0.15) is 11.3 Å². The Labute approximate surface area is 125 Å². The summed E-state index contributed by atoms with van der Waals surface area (Å²) >= 11 is 1.55. The Balaban J connectivity index is 1.83. The van der Waals surface area contributed by atoms with E-state index < -0.39 is 23.3 Å². The second kappa shape index (κ2) is 7.28. The maximum absolute atomic E-state index is 13.4. The SMILES string of the molecule is O=C(CCc1ccsc1)NC[C@@H](O)c1c(F)cccc1F. The first-order valence-corrected chi connectivity index (χ1v) is 7.42. The molecular weight excluding hydrogens is 296 g/mol. The van der Waals surface area contributed by atoms with Crippen molar-refractivity contribution in [2.24, 2.45) is 0 Å². The highest BCUT2D eigenvalue weighted by Crippen LogP contribution is 2.20. The molecule has 0 bridgehead atoms. The highest BCUT2D eigenvalue weighted by molar-refractivity contribution is 7.07. The lowest BCUT2D eigenvalue weighted by molar-refractivity contribution is -0.121. The molecule has 1 amide bonds. The number of aliphatic hydroxyl groups is 1. The van der Waals surface area contributed by atoms with E-state index in [9.17, 15) is 18.7 Å². The van der Waals surface area contributed by atoms with Crippen LogP contribution in [0.2, 0.25) is 0 Å². The lowest BCUT2D eigenvalue weighted by Gasteiger charge is -2.13. The molecular formula is C15H15F2NO2S. The Hall–Kier alpha value is -1.79. The van der Waals surface area contributed by atoms with Gasteiger partial charge in [-0.3, -0.25) is 4.79 Å². The van der Waals surface area contributed by atoms with Gasteiger partial charge in [0.25, 0.3) is 0 Å². The van der Waals surface area contributed by atoms with Gasteiger partial charge in [-0.15, -0.1) is 0 Å². The van der Waals surface area contributed by atoms with Crippen LogP contribution >= 0.6 is 11.3 Å². The minimum atomic E-state index is -1.41. The minimum Gasteiger partial charge on any atom is -0.386 e. The molecule has 0 aliphatic heterocycles. The highest BCUT2D eigenvalue weighted by atomic mass is 32.1. The van der Waals surface area contributed by atoms with Gasteiger partial charge < -0.3 is 10.4 Å². The number of rotatable bonds is 6. The summed E-state index contributed by atoms with van der Waals surface area (Å²) in [5, 5.41) is 16.2. The van der Waals surface area contributed by atoms with Gasteiger partial charge in [0.05, 0.1) is 5.56 Å². The third-order valence-electron chi connectivity index (χ3n) is 3.05. The molecule has 0 unspecified atom stereocenters. The van der Waals surface area contributed by atoms with Crippen LogP contribution in [0, 0.1) is 11.6 Å². The van der Waals surface area contributed by atoms with Crippen LogP contribution in [0.4, 0.5) is 8.78 Å². The maximum Gasteiger partial charge on any atom is 0.220 e. The van der Waals surface area contributed by atoms with E-state index in [1.807, 2.05) is 16.8 Å². The third-order valence-corrected chi connectivity index (χ3v) is 3.78. The van der Waals surface area contributed by atoms with Crippen LogP contribution in [0.15, 0.2) is 35.0 Å². The molecule has 2 aromatic rings. The highest BCUT2D eigenvalue weighted by Gasteiger charge is 2.18. The average molecular weight is 311 g/mol. The number of aryl methyl sites for hydroxylation is 1. The zero-order valence-electron chi connectivity index (χ0n) is 11.2. The lowest BCUT2D eigenvalue weighted by atomic mass is 10.1. The maximum atomic E-state index is 13.4. The predicted octanol–water partition coefficient (Wildman–Crippen LogP) is 2.81.